The maximum absolute atomic E-state index is 13.4. The van der Waals surface area contributed by atoms with Crippen LogP contribution in [0.4, 0.5) is 0 Å². The van der Waals surface area contributed by atoms with E-state index >= 15 is 0 Å². The van der Waals surface area contributed by atoms with Crippen molar-refractivity contribution in [2.75, 3.05) is 14.2 Å². The maximum Gasteiger partial charge on any atom is 0.335 e. The number of fused-ring (bicyclic) bond motifs is 1. The molecule has 8 heteroatoms. The number of para-hydroxylation sites is 1. The maximum atomic E-state index is 13.4. The molecule has 2 heterocycles. The summed E-state index contributed by atoms with van der Waals surface area (Å²) in [5, 5.41) is 9.78. The lowest BCUT2D eigenvalue weighted by molar-refractivity contribution is -0.136. The molecular weight excluding hydrogens is 362 g/mol. The number of esters is 1. The summed E-state index contributed by atoms with van der Waals surface area (Å²) in [7, 11) is 2.61. The molecule has 0 radical (unpaired) electrons. The summed E-state index contributed by atoms with van der Waals surface area (Å²) in [6.07, 6.45) is 0.0754. The molecule has 0 N–H and O–H groups in total. The fraction of sp³-hybridized carbons (Fsp3) is 0.300. The first-order chi connectivity index (χ1) is 13.3. The molecule has 1 aromatic carbocycles. The highest BCUT2D eigenvalue weighted by atomic mass is 16.5. The van der Waals surface area contributed by atoms with E-state index in [1.807, 2.05) is 6.07 Å². The first-order valence-electron chi connectivity index (χ1n) is 8.50. The Morgan fingerprint density at radius 2 is 1.96 bits per heavy atom. The number of hydrogen-bond donors (Lipinski definition) is 0. The summed E-state index contributed by atoms with van der Waals surface area (Å²) in [4.78, 5) is 30.1. The van der Waals surface area contributed by atoms with E-state index in [1.165, 1.54) is 18.8 Å². The minimum atomic E-state index is -0.903. The summed E-state index contributed by atoms with van der Waals surface area (Å²) in [5.74, 6) is -0.753. The zero-order valence-electron chi connectivity index (χ0n) is 16.0. The molecule has 8 nitrogen and oxygen atoms in total. The average Bonchev–Trinajstić information content (AvgIpc) is 2.80. The smallest absolute Gasteiger partial charge is 0.335 e. The van der Waals surface area contributed by atoms with Crippen LogP contribution in [0.5, 0.6) is 11.9 Å². The van der Waals surface area contributed by atoms with E-state index in [9.17, 15) is 14.9 Å². The molecule has 0 unspecified atom stereocenters. The van der Waals surface area contributed by atoms with E-state index in [1.54, 1.807) is 44.2 Å². The molecule has 0 saturated carbocycles. The topological polar surface area (TPSA) is 103 Å². The van der Waals surface area contributed by atoms with Crippen molar-refractivity contribution in [2.24, 2.45) is 0 Å². The highest BCUT2D eigenvalue weighted by Gasteiger charge is 2.37. The van der Waals surface area contributed by atoms with Crippen molar-refractivity contribution in [1.82, 2.24) is 9.55 Å². The van der Waals surface area contributed by atoms with E-state index < -0.39 is 17.1 Å². The number of benzene rings is 1. The van der Waals surface area contributed by atoms with Gasteiger partial charge in [0.1, 0.15) is 17.2 Å². The van der Waals surface area contributed by atoms with Crippen LogP contribution in [-0.2, 0) is 9.53 Å². The number of ether oxygens (including phenoxy) is 3. The Morgan fingerprint density at radius 3 is 2.54 bits per heavy atom. The lowest BCUT2D eigenvalue weighted by Crippen LogP contribution is -2.31. The second kappa shape index (κ2) is 7.19. The van der Waals surface area contributed by atoms with Gasteiger partial charge < -0.3 is 14.2 Å². The van der Waals surface area contributed by atoms with Crippen LogP contribution in [0, 0.1) is 11.3 Å². The van der Waals surface area contributed by atoms with Crippen molar-refractivity contribution < 1.29 is 19.0 Å². The van der Waals surface area contributed by atoms with Crippen molar-refractivity contribution in [1.29, 1.82) is 5.26 Å². The summed E-state index contributed by atoms with van der Waals surface area (Å²) < 4.78 is 17.3. The summed E-state index contributed by atoms with van der Waals surface area (Å²) in [6, 6.07) is 10.7. The van der Waals surface area contributed by atoms with E-state index in [2.05, 4.69) is 4.98 Å². The van der Waals surface area contributed by atoms with Crippen molar-refractivity contribution >= 4 is 11.5 Å². The third kappa shape index (κ3) is 3.22. The van der Waals surface area contributed by atoms with Gasteiger partial charge in [0.2, 0.25) is 5.88 Å². The van der Waals surface area contributed by atoms with Crippen molar-refractivity contribution in [3.05, 3.63) is 51.8 Å². The molecule has 0 aliphatic carbocycles. The zero-order valence-corrected chi connectivity index (χ0v) is 16.0. The van der Waals surface area contributed by atoms with Crippen LogP contribution >= 0.6 is 0 Å². The Morgan fingerprint density at radius 1 is 1.29 bits per heavy atom. The van der Waals surface area contributed by atoms with Gasteiger partial charge in [-0.1, -0.05) is 18.2 Å². The Labute approximate surface area is 161 Å². The van der Waals surface area contributed by atoms with Gasteiger partial charge in [-0.3, -0.25) is 4.79 Å². The van der Waals surface area contributed by atoms with Crippen molar-refractivity contribution in [3.63, 3.8) is 0 Å². The van der Waals surface area contributed by atoms with Crippen LogP contribution in [0.2, 0.25) is 0 Å². The SMILES string of the molecule is COC(=O)C1=C(C#N)c2c(nc(OC)n(-c3ccccc3)c2=O)OC(C)(C)C1. The molecule has 0 spiro atoms. The van der Waals surface area contributed by atoms with Crippen molar-refractivity contribution in [3.8, 4) is 23.6 Å². The molecular formula is C20H19N3O5. The molecule has 0 bridgehead atoms. The van der Waals surface area contributed by atoms with Gasteiger partial charge in [-0.15, -0.1) is 0 Å². The molecule has 0 amide bonds. The molecule has 1 aromatic heterocycles. The Kier molecular flexibility index (Phi) is 4.92. The van der Waals surface area contributed by atoms with E-state index in [0.717, 1.165) is 0 Å². The minimum absolute atomic E-state index is 0.00422. The number of hydrogen-bond acceptors (Lipinski definition) is 7. The number of carbonyl (C=O) groups excluding carboxylic acids is 1. The highest BCUT2D eigenvalue weighted by Crippen LogP contribution is 2.37. The fourth-order valence-electron chi connectivity index (χ4n) is 3.10. The van der Waals surface area contributed by atoms with Crippen molar-refractivity contribution in [2.45, 2.75) is 25.9 Å². The molecule has 0 fully saturated rings. The van der Waals surface area contributed by atoms with Crippen LogP contribution in [-0.4, -0.2) is 35.3 Å². The first kappa shape index (κ1) is 19.2. The Hall–Kier alpha value is -3.60. The third-order valence-corrected chi connectivity index (χ3v) is 4.29. The number of nitriles is 1. The Bertz CT molecular complexity index is 1060. The molecule has 0 saturated heterocycles. The summed E-state index contributed by atoms with van der Waals surface area (Å²) >= 11 is 0. The van der Waals surface area contributed by atoms with Gasteiger partial charge in [-0.05, 0) is 26.0 Å². The summed E-state index contributed by atoms with van der Waals surface area (Å²) in [5.41, 5.74) is -1.13. The van der Waals surface area contributed by atoms with Crippen LogP contribution in [0.1, 0.15) is 25.8 Å². The van der Waals surface area contributed by atoms with E-state index in [-0.39, 0.29) is 35.0 Å². The normalized spacial score (nSPS) is 15.0. The summed E-state index contributed by atoms with van der Waals surface area (Å²) in [6.45, 7) is 3.47. The number of rotatable bonds is 3. The van der Waals surface area contributed by atoms with Crippen LogP contribution in [0.3, 0.4) is 0 Å². The van der Waals surface area contributed by atoms with Gasteiger partial charge >= 0.3 is 12.0 Å². The van der Waals surface area contributed by atoms with Crippen LogP contribution in [0.15, 0.2) is 40.7 Å². The molecule has 3 rings (SSSR count). The fourth-order valence-corrected chi connectivity index (χ4v) is 3.10. The molecule has 0 atom stereocenters. The number of carbonyl (C=O) groups is 1. The lowest BCUT2D eigenvalue weighted by Gasteiger charge is -2.25. The molecule has 28 heavy (non-hydrogen) atoms. The number of allylic oxidation sites excluding steroid dienone is 1. The third-order valence-electron chi connectivity index (χ3n) is 4.29. The predicted octanol–water partition coefficient (Wildman–Crippen LogP) is 2.25. The highest BCUT2D eigenvalue weighted by molar-refractivity contribution is 6.02. The van der Waals surface area contributed by atoms with Gasteiger partial charge in [0.05, 0.1) is 31.1 Å². The zero-order chi connectivity index (χ0) is 20.5. The predicted molar refractivity (Wildman–Crippen MR) is 100 cm³/mol. The largest absolute Gasteiger partial charge is 0.471 e. The second-order valence-corrected chi connectivity index (χ2v) is 6.75. The van der Waals surface area contributed by atoms with Gasteiger partial charge in [-0.2, -0.15) is 10.2 Å². The van der Waals surface area contributed by atoms with Gasteiger partial charge in [0.15, 0.2) is 0 Å². The first-order valence-corrected chi connectivity index (χ1v) is 8.50. The van der Waals surface area contributed by atoms with Crippen LogP contribution < -0.4 is 15.0 Å². The number of methoxy groups -OCH3 is 2. The van der Waals surface area contributed by atoms with Gasteiger partial charge in [-0.25, -0.2) is 9.36 Å². The second-order valence-electron chi connectivity index (χ2n) is 6.75. The number of nitrogens with zero attached hydrogens (tertiary/aromatic N) is 3. The van der Waals surface area contributed by atoms with Gasteiger partial charge in [0, 0.05) is 6.42 Å². The Balaban J connectivity index is 2.44. The lowest BCUT2D eigenvalue weighted by atomic mass is 9.94. The standard InChI is InChI=1S/C20H19N3O5/c1-20(2)10-13(18(25)26-3)14(11-21)15-16(28-20)22-19(27-4)23(17(15)24)12-8-6-5-7-9-12/h5-9H,10H2,1-4H3. The quantitative estimate of drug-likeness (QED) is 0.751. The van der Waals surface area contributed by atoms with Crippen LogP contribution in [0.25, 0.3) is 11.3 Å². The van der Waals surface area contributed by atoms with E-state index in [4.69, 9.17) is 14.2 Å². The average molecular weight is 381 g/mol. The number of aromatic nitrogens is 2. The minimum Gasteiger partial charge on any atom is -0.471 e. The molecule has 1 aliphatic rings. The molecule has 1 aliphatic heterocycles. The van der Waals surface area contributed by atoms with Gasteiger partial charge in [0.25, 0.3) is 5.56 Å². The molecule has 144 valence electrons. The monoisotopic (exact) mass is 381 g/mol. The molecule has 2 aromatic rings. The van der Waals surface area contributed by atoms with E-state index in [0.29, 0.717) is 5.69 Å².